The molecule has 0 radical (unpaired) electrons. The molecule has 0 aliphatic heterocycles. The third-order valence-corrected chi connectivity index (χ3v) is 4.81. The minimum absolute atomic E-state index is 0.0552. The number of hydrogen-bond donors (Lipinski definition) is 3. The van der Waals surface area contributed by atoms with Crippen LogP contribution in [-0.4, -0.2) is 25.5 Å². The summed E-state index contributed by atoms with van der Waals surface area (Å²) in [6, 6.07) is 22.2. The molecule has 2 amide bonds. The maximum Gasteiger partial charge on any atom is 0.238 e. The highest BCUT2D eigenvalue weighted by Crippen LogP contribution is 2.28. The van der Waals surface area contributed by atoms with Crippen molar-refractivity contribution < 1.29 is 14.3 Å². The van der Waals surface area contributed by atoms with E-state index in [2.05, 4.69) is 16.0 Å². The lowest BCUT2D eigenvalue weighted by molar-refractivity contribution is -0.115. The van der Waals surface area contributed by atoms with Crippen molar-refractivity contribution in [3.63, 3.8) is 0 Å². The first-order chi connectivity index (χ1) is 15.0. The third kappa shape index (κ3) is 6.31. The first kappa shape index (κ1) is 22.3. The molecule has 6 nitrogen and oxygen atoms in total. The Hall–Kier alpha value is -3.35. The van der Waals surface area contributed by atoms with Crippen LogP contribution >= 0.6 is 11.6 Å². The highest BCUT2D eigenvalue weighted by Gasteiger charge is 2.16. The van der Waals surface area contributed by atoms with Crippen molar-refractivity contribution in [2.75, 3.05) is 24.3 Å². The van der Waals surface area contributed by atoms with Gasteiger partial charge in [-0.1, -0.05) is 54.1 Å². The highest BCUT2D eigenvalue weighted by atomic mass is 35.5. The van der Waals surface area contributed by atoms with E-state index in [1.165, 1.54) is 14.0 Å². The van der Waals surface area contributed by atoms with Crippen LogP contribution in [0.4, 0.5) is 11.4 Å². The van der Waals surface area contributed by atoms with Gasteiger partial charge in [-0.3, -0.25) is 14.9 Å². The second kappa shape index (κ2) is 10.6. The van der Waals surface area contributed by atoms with Gasteiger partial charge in [-0.2, -0.15) is 0 Å². The van der Waals surface area contributed by atoms with Gasteiger partial charge in [-0.25, -0.2) is 0 Å². The second-order valence-electron chi connectivity index (χ2n) is 6.92. The van der Waals surface area contributed by atoms with E-state index in [1.54, 1.807) is 18.2 Å². The molecule has 0 saturated heterocycles. The lowest BCUT2D eigenvalue weighted by Crippen LogP contribution is -2.32. The highest BCUT2D eigenvalue weighted by molar-refractivity contribution is 6.30. The van der Waals surface area contributed by atoms with Crippen LogP contribution in [0.3, 0.4) is 0 Å². The fourth-order valence-corrected chi connectivity index (χ4v) is 3.43. The fraction of sp³-hybridized carbons (Fsp3) is 0.167. The summed E-state index contributed by atoms with van der Waals surface area (Å²) in [7, 11) is 1.52. The van der Waals surface area contributed by atoms with E-state index < -0.39 is 0 Å². The van der Waals surface area contributed by atoms with E-state index in [-0.39, 0.29) is 24.4 Å². The van der Waals surface area contributed by atoms with Crippen molar-refractivity contribution in [1.82, 2.24) is 5.32 Å². The molecule has 0 bridgehead atoms. The standard InChI is InChI=1S/C24H24ClN3O3/c1-16(29)27-20-11-12-22(31-2)21(14-20)28-23(30)15-26-24(17-7-4-3-5-8-17)18-9-6-10-19(25)13-18/h3-14,24,26H,15H2,1-2H3,(H,27,29)(H,28,30). The number of nitrogens with one attached hydrogen (secondary N) is 3. The number of methoxy groups -OCH3 is 1. The Morgan fingerprint density at radius 1 is 0.935 bits per heavy atom. The average Bonchev–Trinajstić information content (AvgIpc) is 2.74. The summed E-state index contributed by atoms with van der Waals surface area (Å²) in [6.07, 6.45) is 0. The normalized spacial score (nSPS) is 11.5. The number of hydrogen-bond acceptors (Lipinski definition) is 4. The number of benzene rings is 3. The summed E-state index contributed by atoms with van der Waals surface area (Å²) in [6.45, 7) is 1.48. The van der Waals surface area contributed by atoms with Gasteiger partial charge in [0.25, 0.3) is 0 Å². The molecule has 31 heavy (non-hydrogen) atoms. The van der Waals surface area contributed by atoms with Crippen LogP contribution in [0.25, 0.3) is 0 Å². The van der Waals surface area contributed by atoms with Gasteiger partial charge in [-0.15, -0.1) is 0 Å². The van der Waals surface area contributed by atoms with Gasteiger partial charge < -0.3 is 15.4 Å². The summed E-state index contributed by atoms with van der Waals surface area (Å²) < 4.78 is 5.32. The van der Waals surface area contributed by atoms with Crippen LogP contribution in [0, 0.1) is 0 Å². The van der Waals surface area contributed by atoms with Crippen LogP contribution in [0.5, 0.6) is 5.75 Å². The summed E-state index contributed by atoms with van der Waals surface area (Å²) in [5.74, 6) is 0.0504. The summed E-state index contributed by atoms with van der Waals surface area (Å²) in [4.78, 5) is 24.0. The van der Waals surface area contributed by atoms with E-state index in [0.717, 1.165) is 11.1 Å². The minimum Gasteiger partial charge on any atom is -0.495 e. The lowest BCUT2D eigenvalue weighted by Gasteiger charge is -2.20. The molecule has 0 aromatic heterocycles. The van der Waals surface area contributed by atoms with E-state index in [9.17, 15) is 9.59 Å². The Kier molecular flexibility index (Phi) is 7.65. The zero-order chi connectivity index (χ0) is 22.2. The molecule has 1 atom stereocenters. The first-order valence-electron chi connectivity index (χ1n) is 9.75. The number of carbonyl (C=O) groups is 2. The van der Waals surface area contributed by atoms with Gasteiger partial charge in [0.15, 0.2) is 0 Å². The van der Waals surface area contributed by atoms with Gasteiger partial charge in [0.1, 0.15) is 5.75 Å². The molecule has 3 aromatic carbocycles. The molecule has 0 saturated carbocycles. The monoisotopic (exact) mass is 437 g/mol. The van der Waals surface area contributed by atoms with Gasteiger partial charge in [0.05, 0.1) is 25.4 Å². The SMILES string of the molecule is COc1ccc(NC(C)=O)cc1NC(=O)CNC(c1ccccc1)c1cccc(Cl)c1. The maximum absolute atomic E-state index is 12.7. The Balaban J connectivity index is 1.75. The predicted molar refractivity (Wildman–Crippen MR) is 124 cm³/mol. The molecule has 3 aromatic rings. The largest absolute Gasteiger partial charge is 0.495 e. The molecule has 3 rings (SSSR count). The van der Waals surface area contributed by atoms with E-state index in [1.807, 2.05) is 54.6 Å². The Morgan fingerprint density at radius 3 is 2.35 bits per heavy atom. The minimum atomic E-state index is -0.249. The molecule has 0 heterocycles. The van der Waals surface area contributed by atoms with Crippen LogP contribution in [0.15, 0.2) is 72.8 Å². The van der Waals surface area contributed by atoms with Gasteiger partial charge in [0, 0.05) is 17.6 Å². The molecule has 0 spiro atoms. The number of halogens is 1. The van der Waals surface area contributed by atoms with E-state index in [4.69, 9.17) is 16.3 Å². The molecule has 0 fully saturated rings. The zero-order valence-electron chi connectivity index (χ0n) is 17.3. The van der Waals surface area contributed by atoms with Gasteiger partial charge in [0.2, 0.25) is 11.8 Å². The van der Waals surface area contributed by atoms with Crippen molar-refractivity contribution in [3.8, 4) is 5.75 Å². The number of amides is 2. The molecule has 7 heteroatoms. The topological polar surface area (TPSA) is 79.5 Å². The Labute approximate surface area is 186 Å². The predicted octanol–water partition coefficient (Wildman–Crippen LogP) is 4.62. The van der Waals surface area contributed by atoms with E-state index in [0.29, 0.717) is 22.1 Å². The van der Waals surface area contributed by atoms with Gasteiger partial charge >= 0.3 is 0 Å². The van der Waals surface area contributed by atoms with Crippen LogP contribution < -0.4 is 20.7 Å². The van der Waals surface area contributed by atoms with Gasteiger partial charge in [-0.05, 0) is 41.5 Å². The lowest BCUT2D eigenvalue weighted by atomic mass is 9.99. The third-order valence-electron chi connectivity index (χ3n) is 4.58. The van der Waals surface area contributed by atoms with Crippen molar-refractivity contribution in [2.24, 2.45) is 0 Å². The molecular formula is C24H24ClN3O3. The van der Waals surface area contributed by atoms with Crippen molar-refractivity contribution >= 4 is 34.8 Å². The van der Waals surface area contributed by atoms with Crippen molar-refractivity contribution in [1.29, 1.82) is 0 Å². The summed E-state index contributed by atoms with van der Waals surface area (Å²) in [5.41, 5.74) is 3.01. The molecular weight excluding hydrogens is 414 g/mol. The van der Waals surface area contributed by atoms with Crippen LogP contribution in [0.2, 0.25) is 5.02 Å². The molecule has 160 valence electrons. The number of anilines is 2. The molecule has 0 aliphatic carbocycles. The number of carbonyl (C=O) groups excluding carboxylic acids is 2. The quantitative estimate of drug-likeness (QED) is 0.480. The summed E-state index contributed by atoms with van der Waals surface area (Å²) in [5, 5.41) is 9.47. The molecule has 0 aliphatic rings. The fourth-order valence-electron chi connectivity index (χ4n) is 3.24. The maximum atomic E-state index is 12.7. The molecule has 1 unspecified atom stereocenters. The zero-order valence-corrected chi connectivity index (χ0v) is 18.1. The number of ether oxygens (including phenoxy) is 1. The Bertz CT molecular complexity index is 1060. The first-order valence-corrected chi connectivity index (χ1v) is 10.1. The van der Waals surface area contributed by atoms with Crippen LogP contribution in [0.1, 0.15) is 24.1 Å². The van der Waals surface area contributed by atoms with Crippen molar-refractivity contribution in [3.05, 3.63) is 88.9 Å². The summed E-state index contributed by atoms with van der Waals surface area (Å²) >= 11 is 6.18. The molecule has 3 N–H and O–H groups in total. The van der Waals surface area contributed by atoms with E-state index >= 15 is 0 Å². The second-order valence-corrected chi connectivity index (χ2v) is 7.36. The Morgan fingerprint density at radius 2 is 1.68 bits per heavy atom. The van der Waals surface area contributed by atoms with Crippen molar-refractivity contribution in [2.45, 2.75) is 13.0 Å². The smallest absolute Gasteiger partial charge is 0.238 e. The van der Waals surface area contributed by atoms with Crippen LogP contribution in [-0.2, 0) is 9.59 Å². The average molecular weight is 438 g/mol. The number of rotatable bonds is 8.